The molecule has 0 radical (unpaired) electrons. The molecule has 5 nitrogen and oxygen atoms in total. The number of nitrogens with one attached hydrogen (secondary N) is 2. The largest absolute Gasteiger partial charge is 0.385 e. The highest BCUT2D eigenvalue weighted by Gasteiger charge is 2.09. The van der Waals surface area contributed by atoms with Crippen LogP contribution in [0.4, 0.5) is 22.7 Å². The van der Waals surface area contributed by atoms with Gasteiger partial charge in [-0.1, -0.05) is 12.1 Å². The molecule has 5 heteroatoms. The van der Waals surface area contributed by atoms with E-state index in [1.165, 1.54) is 12.1 Å². The maximum absolute atomic E-state index is 11.0. The van der Waals surface area contributed by atoms with Crippen LogP contribution in [0.3, 0.4) is 0 Å². The molecule has 0 saturated carbocycles. The maximum Gasteiger partial charge on any atom is 0.273 e. The van der Waals surface area contributed by atoms with Crippen molar-refractivity contribution in [1.82, 2.24) is 0 Å². The SMILES string of the molecule is CCNc1cc(Nc2cccc(C)c2)cc([N+](=O)[O-])c1. The zero-order chi connectivity index (χ0) is 14.5. The summed E-state index contributed by atoms with van der Waals surface area (Å²) in [4.78, 5) is 10.6. The summed E-state index contributed by atoms with van der Waals surface area (Å²) in [5, 5.41) is 17.3. The van der Waals surface area contributed by atoms with Crippen LogP contribution in [0.1, 0.15) is 12.5 Å². The van der Waals surface area contributed by atoms with Crippen LogP contribution < -0.4 is 10.6 Å². The van der Waals surface area contributed by atoms with Gasteiger partial charge in [0.1, 0.15) is 0 Å². The van der Waals surface area contributed by atoms with Gasteiger partial charge in [0.2, 0.25) is 0 Å². The Morgan fingerprint density at radius 2 is 1.85 bits per heavy atom. The van der Waals surface area contributed by atoms with Crippen molar-refractivity contribution in [3.05, 3.63) is 58.1 Å². The van der Waals surface area contributed by atoms with Crippen LogP contribution in [-0.4, -0.2) is 11.5 Å². The summed E-state index contributed by atoms with van der Waals surface area (Å²) in [7, 11) is 0. The van der Waals surface area contributed by atoms with E-state index in [0.29, 0.717) is 12.2 Å². The first-order chi connectivity index (χ1) is 9.58. The molecule has 0 spiro atoms. The van der Waals surface area contributed by atoms with Crippen molar-refractivity contribution in [1.29, 1.82) is 0 Å². The summed E-state index contributed by atoms with van der Waals surface area (Å²) in [6.45, 7) is 4.67. The molecule has 0 saturated heterocycles. The highest BCUT2D eigenvalue weighted by Crippen LogP contribution is 2.27. The average Bonchev–Trinajstić information content (AvgIpc) is 2.38. The number of nitro benzene ring substituents is 1. The third kappa shape index (κ3) is 3.47. The summed E-state index contributed by atoms with van der Waals surface area (Å²) >= 11 is 0. The van der Waals surface area contributed by atoms with E-state index >= 15 is 0 Å². The fourth-order valence-corrected chi connectivity index (χ4v) is 1.98. The van der Waals surface area contributed by atoms with E-state index in [1.807, 2.05) is 44.2 Å². The molecule has 0 aromatic heterocycles. The number of rotatable bonds is 5. The molecular formula is C15H17N3O2. The van der Waals surface area contributed by atoms with E-state index in [2.05, 4.69) is 10.6 Å². The zero-order valence-corrected chi connectivity index (χ0v) is 11.5. The number of nitro groups is 1. The average molecular weight is 271 g/mol. The van der Waals surface area contributed by atoms with E-state index < -0.39 is 0 Å². The number of anilines is 3. The quantitative estimate of drug-likeness (QED) is 0.635. The van der Waals surface area contributed by atoms with Gasteiger partial charge in [-0.15, -0.1) is 0 Å². The molecule has 0 heterocycles. The number of non-ortho nitro benzene ring substituents is 1. The van der Waals surface area contributed by atoms with Gasteiger partial charge in [-0.25, -0.2) is 0 Å². The Morgan fingerprint density at radius 1 is 1.10 bits per heavy atom. The van der Waals surface area contributed by atoms with Gasteiger partial charge >= 0.3 is 0 Å². The summed E-state index contributed by atoms with van der Waals surface area (Å²) < 4.78 is 0. The number of hydrogen-bond donors (Lipinski definition) is 2. The van der Waals surface area contributed by atoms with Crippen molar-refractivity contribution in [2.75, 3.05) is 17.2 Å². The molecule has 0 aliphatic heterocycles. The minimum absolute atomic E-state index is 0.0682. The van der Waals surface area contributed by atoms with Gasteiger partial charge in [-0.3, -0.25) is 10.1 Å². The van der Waals surface area contributed by atoms with Gasteiger partial charge in [0, 0.05) is 35.7 Å². The normalized spacial score (nSPS) is 10.1. The maximum atomic E-state index is 11.0. The van der Waals surface area contributed by atoms with Crippen molar-refractivity contribution < 1.29 is 4.92 Å². The highest BCUT2D eigenvalue weighted by molar-refractivity contribution is 5.69. The first-order valence-corrected chi connectivity index (χ1v) is 6.45. The molecule has 0 bridgehead atoms. The van der Waals surface area contributed by atoms with Crippen LogP contribution >= 0.6 is 0 Å². The van der Waals surface area contributed by atoms with E-state index in [4.69, 9.17) is 0 Å². The Kier molecular flexibility index (Phi) is 4.20. The molecule has 0 amide bonds. The van der Waals surface area contributed by atoms with E-state index in [9.17, 15) is 10.1 Å². The fraction of sp³-hybridized carbons (Fsp3) is 0.200. The van der Waals surface area contributed by atoms with Crippen LogP contribution in [-0.2, 0) is 0 Å². The molecule has 0 fully saturated rings. The molecule has 0 aliphatic rings. The summed E-state index contributed by atoms with van der Waals surface area (Å²) in [6, 6.07) is 12.8. The first kappa shape index (κ1) is 13.9. The van der Waals surface area contributed by atoms with Crippen LogP contribution in [0, 0.1) is 17.0 Å². The smallest absolute Gasteiger partial charge is 0.273 e. The van der Waals surface area contributed by atoms with E-state index in [1.54, 1.807) is 0 Å². The number of nitrogens with zero attached hydrogens (tertiary/aromatic N) is 1. The highest BCUT2D eigenvalue weighted by atomic mass is 16.6. The monoisotopic (exact) mass is 271 g/mol. The Bertz CT molecular complexity index is 626. The van der Waals surface area contributed by atoms with Crippen LogP contribution in [0.15, 0.2) is 42.5 Å². The second kappa shape index (κ2) is 6.06. The minimum atomic E-state index is -0.387. The molecular weight excluding hydrogens is 254 g/mol. The molecule has 2 aromatic rings. The fourth-order valence-electron chi connectivity index (χ4n) is 1.98. The van der Waals surface area contributed by atoms with Crippen molar-refractivity contribution in [2.24, 2.45) is 0 Å². The summed E-state index contributed by atoms with van der Waals surface area (Å²) in [5.74, 6) is 0. The topological polar surface area (TPSA) is 67.2 Å². The second-order valence-corrected chi connectivity index (χ2v) is 4.55. The number of aryl methyl sites for hydroxylation is 1. The van der Waals surface area contributed by atoms with Crippen molar-refractivity contribution in [2.45, 2.75) is 13.8 Å². The third-order valence-corrected chi connectivity index (χ3v) is 2.82. The van der Waals surface area contributed by atoms with Crippen LogP contribution in [0.5, 0.6) is 0 Å². The van der Waals surface area contributed by atoms with Gasteiger partial charge in [-0.05, 0) is 37.6 Å². The predicted molar refractivity (Wildman–Crippen MR) is 81.7 cm³/mol. The molecule has 0 unspecified atom stereocenters. The van der Waals surface area contributed by atoms with Crippen molar-refractivity contribution in [3.63, 3.8) is 0 Å². The lowest BCUT2D eigenvalue weighted by molar-refractivity contribution is -0.384. The van der Waals surface area contributed by atoms with E-state index in [0.717, 1.165) is 16.9 Å². The van der Waals surface area contributed by atoms with Gasteiger partial charge in [0.15, 0.2) is 0 Å². The third-order valence-electron chi connectivity index (χ3n) is 2.82. The lowest BCUT2D eigenvalue weighted by Gasteiger charge is -2.10. The predicted octanol–water partition coefficient (Wildman–Crippen LogP) is 4.08. The summed E-state index contributed by atoms with van der Waals surface area (Å²) in [5.41, 5.74) is 3.54. The van der Waals surface area contributed by atoms with Crippen LogP contribution in [0.25, 0.3) is 0 Å². The Labute approximate surface area is 117 Å². The van der Waals surface area contributed by atoms with Crippen molar-refractivity contribution >= 4 is 22.7 Å². The zero-order valence-electron chi connectivity index (χ0n) is 11.5. The molecule has 0 aliphatic carbocycles. The van der Waals surface area contributed by atoms with Gasteiger partial charge in [0.05, 0.1) is 4.92 Å². The number of hydrogen-bond acceptors (Lipinski definition) is 4. The first-order valence-electron chi connectivity index (χ1n) is 6.45. The van der Waals surface area contributed by atoms with Crippen LogP contribution in [0.2, 0.25) is 0 Å². The Hall–Kier alpha value is -2.56. The molecule has 2 aromatic carbocycles. The number of benzene rings is 2. The molecule has 2 rings (SSSR count). The van der Waals surface area contributed by atoms with Crippen molar-refractivity contribution in [3.8, 4) is 0 Å². The Balaban J connectivity index is 2.32. The lowest BCUT2D eigenvalue weighted by atomic mass is 10.2. The second-order valence-electron chi connectivity index (χ2n) is 4.55. The standard InChI is InChI=1S/C15H17N3O2/c1-3-16-13-8-14(10-15(9-13)18(19)20)17-12-6-4-5-11(2)7-12/h4-10,16-17H,3H2,1-2H3. The molecule has 2 N–H and O–H groups in total. The van der Waals surface area contributed by atoms with Gasteiger partial charge < -0.3 is 10.6 Å². The molecule has 0 atom stereocenters. The van der Waals surface area contributed by atoms with E-state index in [-0.39, 0.29) is 10.6 Å². The molecule has 104 valence electrons. The summed E-state index contributed by atoms with van der Waals surface area (Å²) in [6.07, 6.45) is 0. The Morgan fingerprint density at radius 3 is 2.50 bits per heavy atom. The molecule has 20 heavy (non-hydrogen) atoms. The van der Waals surface area contributed by atoms with Gasteiger partial charge in [-0.2, -0.15) is 0 Å². The van der Waals surface area contributed by atoms with Gasteiger partial charge in [0.25, 0.3) is 5.69 Å². The lowest BCUT2D eigenvalue weighted by Crippen LogP contribution is -2.00. The minimum Gasteiger partial charge on any atom is -0.385 e.